The molecule has 1 unspecified atom stereocenters. The number of hydrogen-bond acceptors (Lipinski definition) is 9. The van der Waals surface area contributed by atoms with Crippen LogP contribution >= 0.6 is 0 Å². The summed E-state index contributed by atoms with van der Waals surface area (Å²) in [6.07, 6.45) is 3.40. The number of oxazole rings is 1. The number of likely N-dealkylation sites (tertiary alicyclic amines) is 1. The first-order valence-electron chi connectivity index (χ1n) is 11.9. The summed E-state index contributed by atoms with van der Waals surface area (Å²) < 4.78 is 52.8. The third kappa shape index (κ3) is 6.24. The van der Waals surface area contributed by atoms with E-state index in [2.05, 4.69) is 15.2 Å². The third-order valence-electron chi connectivity index (χ3n) is 5.98. The van der Waals surface area contributed by atoms with Crippen molar-refractivity contribution in [3.63, 3.8) is 0 Å². The number of hydrogen-bond donors (Lipinski definition) is 2. The maximum absolute atomic E-state index is 12.3. The van der Waals surface area contributed by atoms with Crippen LogP contribution in [0.1, 0.15) is 32.3 Å². The molecule has 1 saturated heterocycles. The molecule has 2 heterocycles. The molecule has 0 amide bonds. The van der Waals surface area contributed by atoms with Crippen LogP contribution in [0.25, 0.3) is 11.1 Å². The zero-order valence-electron chi connectivity index (χ0n) is 20.7. The van der Waals surface area contributed by atoms with Crippen LogP contribution in [-0.4, -0.2) is 61.5 Å². The molecule has 0 saturated carbocycles. The van der Waals surface area contributed by atoms with Gasteiger partial charge in [0.05, 0.1) is 18.1 Å². The van der Waals surface area contributed by atoms with Crippen molar-refractivity contribution in [3.8, 4) is 11.5 Å². The Hall–Kier alpha value is -2.51. The number of rotatable bonds is 10. The minimum absolute atomic E-state index is 0.00126. The standard InChI is InChI=1S/C24H32N4O6S2/c1-4-32-21-12-16(13-22(33-5-2)23(21)35(3)29)15-28-10-8-17(9-11-28)26-24-27-19-14-18(36(25,30)31)6-7-20(19)34-24/h6-7,12-14,17H,4-5,8-11,15H2,1-3H3,(H,26,27)(H2,25,30,31). The zero-order valence-corrected chi connectivity index (χ0v) is 22.3. The number of primary sulfonamides is 1. The van der Waals surface area contributed by atoms with E-state index in [1.54, 1.807) is 12.3 Å². The highest BCUT2D eigenvalue weighted by molar-refractivity contribution is 7.91. The van der Waals surface area contributed by atoms with E-state index in [9.17, 15) is 13.0 Å². The predicted octanol–water partition coefficient (Wildman–Crippen LogP) is 3.09. The van der Waals surface area contributed by atoms with Crippen LogP contribution in [0.3, 0.4) is 0 Å². The van der Waals surface area contributed by atoms with E-state index in [0.717, 1.165) is 38.0 Å². The molecule has 1 fully saturated rings. The fourth-order valence-electron chi connectivity index (χ4n) is 4.35. The molecule has 2 aromatic carbocycles. The van der Waals surface area contributed by atoms with Crippen molar-refractivity contribution < 1.29 is 26.9 Å². The number of ether oxygens (including phenoxy) is 2. The molecule has 12 heteroatoms. The van der Waals surface area contributed by atoms with Gasteiger partial charge in [-0.1, -0.05) is 0 Å². The molecule has 196 valence electrons. The molecule has 1 aromatic heterocycles. The first-order valence-corrected chi connectivity index (χ1v) is 15.0. The zero-order chi connectivity index (χ0) is 25.9. The average molecular weight is 537 g/mol. The Morgan fingerprint density at radius 3 is 2.36 bits per heavy atom. The highest BCUT2D eigenvalue weighted by Crippen LogP contribution is 2.36. The highest BCUT2D eigenvalue weighted by atomic mass is 32.2. The van der Waals surface area contributed by atoms with Crippen LogP contribution in [0.2, 0.25) is 0 Å². The lowest BCUT2D eigenvalue weighted by Crippen LogP contribution is -2.38. The minimum atomic E-state index is -3.80. The Bertz CT molecular complexity index is 1280. The molecule has 1 atom stereocenters. The number of fused-ring (bicyclic) bond motifs is 1. The Balaban J connectivity index is 1.40. The molecule has 0 aliphatic carbocycles. The molecule has 0 radical (unpaired) electrons. The summed E-state index contributed by atoms with van der Waals surface area (Å²) in [5.74, 6) is 1.22. The summed E-state index contributed by atoms with van der Waals surface area (Å²) in [5.41, 5.74) is 1.98. The molecule has 0 spiro atoms. The molecular weight excluding hydrogens is 504 g/mol. The maximum atomic E-state index is 12.3. The lowest BCUT2D eigenvalue weighted by molar-refractivity contribution is 0.209. The van der Waals surface area contributed by atoms with Gasteiger partial charge in [-0.3, -0.25) is 4.90 Å². The normalized spacial score (nSPS) is 16.2. The topological polar surface area (TPSA) is 143 Å². The van der Waals surface area contributed by atoms with Gasteiger partial charge < -0.3 is 23.8 Å². The number of anilines is 1. The monoisotopic (exact) mass is 536 g/mol. The lowest BCUT2D eigenvalue weighted by atomic mass is 10.0. The van der Waals surface area contributed by atoms with Gasteiger partial charge in [-0.25, -0.2) is 13.6 Å². The summed E-state index contributed by atoms with van der Waals surface area (Å²) in [6.45, 7) is 7.23. The summed E-state index contributed by atoms with van der Waals surface area (Å²) in [7, 11) is -3.80. The van der Waals surface area contributed by atoms with E-state index < -0.39 is 21.2 Å². The van der Waals surface area contributed by atoms with E-state index in [-0.39, 0.29) is 10.9 Å². The molecule has 36 heavy (non-hydrogen) atoms. The molecule has 0 bridgehead atoms. The van der Waals surface area contributed by atoms with Crippen LogP contribution in [0, 0.1) is 0 Å². The first kappa shape index (κ1) is 26.6. The molecule has 3 N–H and O–H groups in total. The van der Waals surface area contributed by atoms with E-state index in [1.165, 1.54) is 12.1 Å². The number of piperidine rings is 1. The van der Waals surface area contributed by atoms with Gasteiger partial charge in [-0.05, 0) is 73.8 Å². The van der Waals surface area contributed by atoms with Crippen LogP contribution < -0.4 is 19.9 Å². The third-order valence-corrected chi connectivity index (χ3v) is 7.86. The number of nitrogens with two attached hydrogens (primary N) is 1. The van der Waals surface area contributed by atoms with Gasteiger partial charge in [0.1, 0.15) is 11.8 Å². The fraction of sp³-hybridized carbons (Fsp3) is 0.458. The summed E-state index contributed by atoms with van der Waals surface area (Å²) in [6, 6.07) is 8.83. The number of sulfonamides is 1. The Kier molecular flexibility index (Phi) is 8.30. The minimum Gasteiger partial charge on any atom is -0.611 e. The van der Waals surface area contributed by atoms with E-state index in [0.29, 0.717) is 46.7 Å². The number of benzene rings is 2. The molecule has 3 aromatic rings. The summed E-state index contributed by atoms with van der Waals surface area (Å²) in [5, 5.41) is 8.53. The number of nitrogens with zero attached hydrogens (tertiary/aromatic N) is 2. The lowest BCUT2D eigenvalue weighted by Gasteiger charge is -2.32. The van der Waals surface area contributed by atoms with Gasteiger partial charge in [-0.15, -0.1) is 0 Å². The number of nitrogens with one attached hydrogen (secondary N) is 1. The molecule has 4 rings (SSSR count). The fourth-order valence-corrected chi connectivity index (χ4v) is 5.68. The van der Waals surface area contributed by atoms with Gasteiger partial charge in [0.2, 0.25) is 14.9 Å². The van der Waals surface area contributed by atoms with Crippen molar-refractivity contribution in [1.29, 1.82) is 0 Å². The van der Waals surface area contributed by atoms with E-state index in [1.807, 2.05) is 26.0 Å². The van der Waals surface area contributed by atoms with Crippen molar-refractivity contribution in [3.05, 3.63) is 35.9 Å². The predicted molar refractivity (Wildman–Crippen MR) is 138 cm³/mol. The SMILES string of the molecule is CCOc1cc(CN2CCC(Nc3nc4cc(S(N)(=O)=O)ccc4o3)CC2)cc(OCC)c1[S+](C)[O-]. The highest BCUT2D eigenvalue weighted by Gasteiger charge is 2.25. The van der Waals surface area contributed by atoms with Crippen LogP contribution in [-0.2, 0) is 27.7 Å². The summed E-state index contributed by atoms with van der Waals surface area (Å²) in [4.78, 5) is 7.33. The smallest absolute Gasteiger partial charge is 0.295 e. The van der Waals surface area contributed by atoms with Crippen LogP contribution in [0.15, 0.2) is 44.5 Å². The van der Waals surface area contributed by atoms with E-state index >= 15 is 0 Å². The Labute approximate surface area is 214 Å². The van der Waals surface area contributed by atoms with Gasteiger partial charge in [-0.2, -0.15) is 4.98 Å². The molecule has 1 aliphatic rings. The van der Waals surface area contributed by atoms with Crippen LogP contribution in [0.4, 0.5) is 6.01 Å². The largest absolute Gasteiger partial charge is 0.611 e. The Morgan fingerprint density at radius 2 is 1.81 bits per heavy atom. The van der Waals surface area contributed by atoms with Gasteiger partial charge in [0.15, 0.2) is 17.1 Å². The maximum Gasteiger partial charge on any atom is 0.295 e. The second-order valence-corrected chi connectivity index (χ2v) is 11.5. The Morgan fingerprint density at radius 1 is 1.17 bits per heavy atom. The number of aromatic nitrogens is 1. The van der Waals surface area contributed by atoms with Gasteiger partial charge >= 0.3 is 0 Å². The van der Waals surface area contributed by atoms with Crippen molar-refractivity contribution in [2.45, 2.75) is 49.1 Å². The van der Waals surface area contributed by atoms with E-state index in [4.69, 9.17) is 19.0 Å². The van der Waals surface area contributed by atoms with Gasteiger partial charge in [0, 0.05) is 25.7 Å². The summed E-state index contributed by atoms with van der Waals surface area (Å²) >= 11 is -1.23. The molecule has 10 nitrogen and oxygen atoms in total. The van der Waals surface area contributed by atoms with Crippen LogP contribution in [0.5, 0.6) is 11.5 Å². The van der Waals surface area contributed by atoms with Crippen molar-refractivity contribution in [1.82, 2.24) is 9.88 Å². The van der Waals surface area contributed by atoms with Gasteiger partial charge in [0.25, 0.3) is 6.01 Å². The first-order chi connectivity index (χ1) is 17.2. The van der Waals surface area contributed by atoms with Crippen molar-refractivity contribution in [2.75, 3.05) is 37.9 Å². The quantitative estimate of drug-likeness (QED) is 0.374. The molecular formula is C24H32N4O6S2. The second-order valence-electron chi connectivity index (χ2n) is 8.63. The van der Waals surface area contributed by atoms with Crippen molar-refractivity contribution in [2.24, 2.45) is 5.14 Å². The second kappa shape index (κ2) is 11.3. The van der Waals surface area contributed by atoms with Crippen molar-refractivity contribution >= 4 is 38.3 Å². The molecule has 1 aliphatic heterocycles. The average Bonchev–Trinajstić information content (AvgIpc) is 3.21.